The molecular weight excluding hydrogens is 624 g/mol. The topological polar surface area (TPSA) is 89.5 Å². The minimum absolute atomic E-state index is 0.288. The van der Waals surface area contributed by atoms with Crippen molar-refractivity contribution >= 4 is 65.3 Å². The molecule has 38 heavy (non-hydrogen) atoms. The van der Waals surface area contributed by atoms with Crippen molar-refractivity contribution in [2.75, 3.05) is 28.4 Å². The highest BCUT2D eigenvalue weighted by molar-refractivity contribution is 9.11. The Morgan fingerprint density at radius 3 is 1.11 bits per heavy atom. The molecule has 0 unspecified atom stereocenters. The van der Waals surface area contributed by atoms with Crippen molar-refractivity contribution < 1.29 is 38.0 Å². The molecule has 0 N–H and O–H groups in total. The maximum atomic E-state index is 12.0. The Morgan fingerprint density at radius 2 is 0.842 bits per heavy atom. The zero-order valence-electron chi connectivity index (χ0n) is 21.5. The SMILES string of the molecule is COc1ccc(OC)c2c(OC(C)=O)c(Br)cc(-c3cc(Br)c(OC(C)=O)c4c(OC)ccc(OC)c34)c12. The van der Waals surface area contributed by atoms with Crippen LogP contribution in [0.3, 0.4) is 0 Å². The van der Waals surface area contributed by atoms with Gasteiger partial charge in [0.25, 0.3) is 0 Å². The van der Waals surface area contributed by atoms with Crippen LogP contribution in [0.25, 0.3) is 32.7 Å². The van der Waals surface area contributed by atoms with Crippen LogP contribution in [0.5, 0.6) is 34.5 Å². The summed E-state index contributed by atoms with van der Waals surface area (Å²) in [6.07, 6.45) is 0. The standard InChI is InChI=1S/C28H24Br2O8/c1-13(31)37-27-17(29)11-15(23-19(33-3)7-9-21(35-5)25(23)27)16-12-18(30)28(38-14(2)32)26-22(36-6)10-8-20(34-4)24(16)26/h7-12H,1-6H3. The van der Waals surface area contributed by atoms with Crippen LogP contribution in [0.1, 0.15) is 13.8 Å². The third kappa shape index (κ3) is 4.74. The van der Waals surface area contributed by atoms with Gasteiger partial charge in [0.05, 0.1) is 48.2 Å². The first kappa shape index (κ1) is 27.5. The van der Waals surface area contributed by atoms with Crippen LogP contribution in [0.2, 0.25) is 0 Å². The molecule has 198 valence electrons. The molecule has 0 saturated carbocycles. The van der Waals surface area contributed by atoms with Crippen LogP contribution in [-0.4, -0.2) is 40.4 Å². The molecule has 4 rings (SSSR count). The lowest BCUT2D eigenvalue weighted by molar-refractivity contribution is -0.132. The van der Waals surface area contributed by atoms with E-state index in [0.29, 0.717) is 64.6 Å². The number of fused-ring (bicyclic) bond motifs is 2. The maximum Gasteiger partial charge on any atom is 0.308 e. The number of halogens is 2. The predicted octanol–water partition coefficient (Wildman–Crippen LogP) is 7.07. The molecule has 4 aromatic carbocycles. The summed E-state index contributed by atoms with van der Waals surface area (Å²) in [5.41, 5.74) is 1.40. The van der Waals surface area contributed by atoms with E-state index in [1.807, 2.05) is 12.1 Å². The van der Waals surface area contributed by atoms with Gasteiger partial charge in [0, 0.05) is 24.6 Å². The number of ether oxygens (including phenoxy) is 6. The van der Waals surface area contributed by atoms with Crippen molar-refractivity contribution in [3.05, 3.63) is 45.3 Å². The van der Waals surface area contributed by atoms with Crippen LogP contribution >= 0.6 is 31.9 Å². The maximum absolute atomic E-state index is 12.0. The number of hydrogen-bond donors (Lipinski definition) is 0. The first-order chi connectivity index (χ1) is 18.2. The highest BCUT2D eigenvalue weighted by Crippen LogP contribution is 2.53. The number of benzene rings is 4. The summed E-state index contributed by atoms with van der Waals surface area (Å²) in [6.45, 7) is 2.66. The molecule has 0 fully saturated rings. The van der Waals surface area contributed by atoms with Crippen LogP contribution in [0, 0.1) is 0 Å². The highest BCUT2D eigenvalue weighted by Gasteiger charge is 2.26. The fourth-order valence-electron chi connectivity index (χ4n) is 4.47. The van der Waals surface area contributed by atoms with Gasteiger partial charge in [0.1, 0.15) is 23.0 Å². The van der Waals surface area contributed by atoms with Crippen molar-refractivity contribution in [2.24, 2.45) is 0 Å². The molecule has 0 spiro atoms. The highest BCUT2D eigenvalue weighted by atomic mass is 79.9. The number of hydrogen-bond acceptors (Lipinski definition) is 8. The molecule has 0 heterocycles. The Balaban J connectivity index is 2.29. The molecule has 0 aliphatic heterocycles. The lowest BCUT2D eigenvalue weighted by atomic mass is 9.91. The van der Waals surface area contributed by atoms with Crippen LogP contribution < -0.4 is 28.4 Å². The molecule has 0 bridgehead atoms. The summed E-state index contributed by atoms with van der Waals surface area (Å²) in [5.74, 6) is 1.59. The molecule has 0 radical (unpaired) electrons. The van der Waals surface area contributed by atoms with Gasteiger partial charge < -0.3 is 28.4 Å². The predicted molar refractivity (Wildman–Crippen MR) is 151 cm³/mol. The number of esters is 2. The number of carbonyl (C=O) groups is 2. The molecule has 10 heteroatoms. The van der Waals surface area contributed by atoms with E-state index < -0.39 is 11.9 Å². The summed E-state index contributed by atoms with van der Waals surface area (Å²) < 4.78 is 35.1. The summed E-state index contributed by atoms with van der Waals surface area (Å²) in [4.78, 5) is 24.0. The first-order valence-electron chi connectivity index (χ1n) is 11.3. The van der Waals surface area contributed by atoms with Gasteiger partial charge in [-0.05, 0) is 79.4 Å². The lowest BCUT2D eigenvalue weighted by Gasteiger charge is -2.21. The van der Waals surface area contributed by atoms with E-state index in [-0.39, 0.29) is 11.5 Å². The van der Waals surface area contributed by atoms with E-state index in [4.69, 9.17) is 28.4 Å². The minimum atomic E-state index is -0.491. The fraction of sp³-hybridized carbons (Fsp3) is 0.214. The summed E-state index contributed by atoms with van der Waals surface area (Å²) in [6, 6.07) is 10.7. The Labute approximate surface area is 236 Å². The molecule has 0 aliphatic rings. The van der Waals surface area contributed by atoms with Gasteiger partial charge >= 0.3 is 11.9 Å². The van der Waals surface area contributed by atoms with E-state index in [9.17, 15) is 9.59 Å². The van der Waals surface area contributed by atoms with Gasteiger partial charge in [0.2, 0.25) is 0 Å². The molecule has 0 aromatic heterocycles. The second-order valence-electron chi connectivity index (χ2n) is 8.10. The third-order valence-corrected chi connectivity index (χ3v) is 7.07. The molecule has 8 nitrogen and oxygen atoms in total. The normalized spacial score (nSPS) is 10.8. The monoisotopic (exact) mass is 646 g/mol. The molecule has 4 aromatic rings. The average Bonchev–Trinajstić information content (AvgIpc) is 2.89. The van der Waals surface area contributed by atoms with Crippen molar-refractivity contribution in [1.82, 2.24) is 0 Å². The molecule has 0 amide bonds. The van der Waals surface area contributed by atoms with Crippen molar-refractivity contribution in [2.45, 2.75) is 13.8 Å². The average molecular weight is 648 g/mol. The van der Waals surface area contributed by atoms with E-state index in [0.717, 1.165) is 0 Å². The van der Waals surface area contributed by atoms with Crippen molar-refractivity contribution in [1.29, 1.82) is 0 Å². The molecular formula is C28H24Br2O8. The quantitative estimate of drug-likeness (QED) is 0.155. The van der Waals surface area contributed by atoms with E-state index in [2.05, 4.69) is 31.9 Å². The van der Waals surface area contributed by atoms with E-state index in [1.54, 1.807) is 38.5 Å². The van der Waals surface area contributed by atoms with Crippen LogP contribution in [0.4, 0.5) is 0 Å². The Hall–Kier alpha value is -3.50. The number of carbonyl (C=O) groups excluding carboxylic acids is 2. The molecule has 0 atom stereocenters. The summed E-state index contributed by atoms with van der Waals surface area (Å²) >= 11 is 7.17. The van der Waals surface area contributed by atoms with E-state index in [1.165, 1.54) is 28.1 Å². The van der Waals surface area contributed by atoms with Gasteiger partial charge in [-0.2, -0.15) is 0 Å². The lowest BCUT2D eigenvalue weighted by Crippen LogP contribution is -2.05. The third-order valence-electron chi connectivity index (χ3n) is 5.89. The summed E-state index contributed by atoms with van der Waals surface area (Å²) in [7, 11) is 6.18. The van der Waals surface area contributed by atoms with Gasteiger partial charge in [-0.15, -0.1) is 0 Å². The molecule has 0 aliphatic carbocycles. The largest absolute Gasteiger partial charge is 0.496 e. The second kappa shape index (κ2) is 11.1. The van der Waals surface area contributed by atoms with Gasteiger partial charge in [0.15, 0.2) is 11.5 Å². The Kier molecular flexibility index (Phi) is 8.03. The van der Waals surface area contributed by atoms with Gasteiger partial charge in [-0.25, -0.2) is 0 Å². The number of rotatable bonds is 7. The first-order valence-corrected chi connectivity index (χ1v) is 12.9. The molecule has 0 saturated heterocycles. The zero-order valence-corrected chi connectivity index (χ0v) is 24.7. The van der Waals surface area contributed by atoms with Gasteiger partial charge in [-0.3, -0.25) is 9.59 Å². The van der Waals surface area contributed by atoms with E-state index >= 15 is 0 Å². The second-order valence-corrected chi connectivity index (χ2v) is 9.81. The summed E-state index contributed by atoms with van der Waals surface area (Å²) in [5, 5.41) is 2.32. The Bertz CT molecular complexity index is 1480. The van der Waals surface area contributed by atoms with Gasteiger partial charge in [-0.1, -0.05) is 0 Å². The van der Waals surface area contributed by atoms with Crippen LogP contribution in [-0.2, 0) is 9.59 Å². The smallest absolute Gasteiger partial charge is 0.308 e. The fourth-order valence-corrected chi connectivity index (χ4v) is 5.49. The zero-order chi connectivity index (χ0) is 27.7. The van der Waals surface area contributed by atoms with Crippen molar-refractivity contribution in [3.8, 4) is 45.6 Å². The number of methoxy groups -OCH3 is 4. The van der Waals surface area contributed by atoms with Crippen LogP contribution in [0.15, 0.2) is 45.3 Å². The Morgan fingerprint density at radius 1 is 0.553 bits per heavy atom. The van der Waals surface area contributed by atoms with Crippen molar-refractivity contribution in [3.63, 3.8) is 0 Å². The minimum Gasteiger partial charge on any atom is -0.496 e.